The molecule has 2 N–H and O–H groups in total. The predicted octanol–water partition coefficient (Wildman–Crippen LogP) is 3.65. The van der Waals surface area contributed by atoms with Crippen LogP contribution in [0.1, 0.15) is 37.1 Å². The fourth-order valence-electron chi connectivity index (χ4n) is 3.59. The van der Waals surface area contributed by atoms with E-state index in [2.05, 4.69) is 25.8 Å². The summed E-state index contributed by atoms with van der Waals surface area (Å²) in [6, 6.07) is 6.83. The zero-order valence-corrected chi connectivity index (χ0v) is 16.9. The molecule has 1 aliphatic heterocycles. The van der Waals surface area contributed by atoms with Crippen molar-refractivity contribution < 1.29 is 9.18 Å². The maximum Gasteiger partial charge on any atom is 0.257 e. The molecule has 150 valence electrons. The van der Waals surface area contributed by atoms with Gasteiger partial charge < -0.3 is 10.6 Å². The largest absolute Gasteiger partial charge is 0.368 e. The summed E-state index contributed by atoms with van der Waals surface area (Å²) in [5.74, 6) is 0.288. The highest BCUT2D eigenvalue weighted by Crippen LogP contribution is 2.43. The molecule has 2 aromatic rings. The van der Waals surface area contributed by atoms with E-state index in [-0.39, 0.29) is 17.1 Å². The van der Waals surface area contributed by atoms with Crippen molar-refractivity contribution in [3.8, 4) is 0 Å². The molecule has 0 unspecified atom stereocenters. The van der Waals surface area contributed by atoms with Gasteiger partial charge in [0.1, 0.15) is 11.6 Å². The molecule has 1 fully saturated rings. The highest BCUT2D eigenvalue weighted by molar-refractivity contribution is 8.12. The summed E-state index contributed by atoms with van der Waals surface area (Å²) >= 11 is 1.39. The normalized spacial score (nSPS) is 17.6. The SMILES string of the molecule is CNC(=O)C1=CCC=C(c2ccc(NCC3(c4ncccc4F)CCC3)nn2)S1. The zero-order valence-electron chi connectivity index (χ0n) is 16.1. The molecule has 0 aromatic carbocycles. The molecule has 8 heteroatoms. The van der Waals surface area contributed by atoms with Gasteiger partial charge >= 0.3 is 0 Å². The number of aromatic nitrogens is 3. The van der Waals surface area contributed by atoms with E-state index in [1.54, 1.807) is 19.3 Å². The highest BCUT2D eigenvalue weighted by Gasteiger charge is 2.41. The number of hydrogen-bond acceptors (Lipinski definition) is 6. The minimum absolute atomic E-state index is 0.0978. The van der Waals surface area contributed by atoms with Gasteiger partial charge in [-0.1, -0.05) is 30.3 Å². The number of hydrogen-bond donors (Lipinski definition) is 2. The van der Waals surface area contributed by atoms with Crippen LogP contribution in [0.25, 0.3) is 4.91 Å². The minimum Gasteiger partial charge on any atom is -0.368 e. The van der Waals surface area contributed by atoms with Crippen LogP contribution < -0.4 is 10.6 Å². The number of anilines is 1. The van der Waals surface area contributed by atoms with Gasteiger partial charge in [-0.3, -0.25) is 9.78 Å². The van der Waals surface area contributed by atoms with Crippen LogP contribution in [0.2, 0.25) is 0 Å². The number of carbonyl (C=O) groups excluding carboxylic acids is 1. The van der Waals surface area contributed by atoms with Crippen LogP contribution in [-0.2, 0) is 10.2 Å². The van der Waals surface area contributed by atoms with E-state index >= 15 is 0 Å². The van der Waals surface area contributed by atoms with Gasteiger partial charge in [0.2, 0.25) is 0 Å². The third-order valence-corrected chi connectivity index (χ3v) is 6.54. The van der Waals surface area contributed by atoms with Crippen LogP contribution >= 0.6 is 11.8 Å². The number of nitrogens with zero attached hydrogens (tertiary/aromatic N) is 3. The second-order valence-electron chi connectivity index (χ2n) is 7.18. The monoisotopic (exact) mass is 411 g/mol. The quantitative estimate of drug-likeness (QED) is 0.755. The number of allylic oxidation sites excluding steroid dienone is 2. The molecule has 3 heterocycles. The number of pyridine rings is 1. The summed E-state index contributed by atoms with van der Waals surface area (Å²) in [6.45, 7) is 0.565. The second kappa shape index (κ2) is 8.32. The Morgan fingerprint density at radius 1 is 1.24 bits per heavy atom. The van der Waals surface area contributed by atoms with Crippen LogP contribution in [0.4, 0.5) is 10.2 Å². The van der Waals surface area contributed by atoms with Crippen LogP contribution in [0, 0.1) is 5.82 Å². The maximum absolute atomic E-state index is 14.2. The Bertz CT molecular complexity index is 969. The second-order valence-corrected chi connectivity index (χ2v) is 8.26. The molecule has 2 aromatic heterocycles. The van der Waals surface area contributed by atoms with Crippen molar-refractivity contribution in [2.45, 2.75) is 31.1 Å². The summed E-state index contributed by atoms with van der Waals surface area (Å²) in [4.78, 5) is 17.7. The van der Waals surface area contributed by atoms with Crippen molar-refractivity contribution in [2.75, 3.05) is 18.9 Å². The van der Waals surface area contributed by atoms with E-state index in [9.17, 15) is 9.18 Å². The smallest absolute Gasteiger partial charge is 0.257 e. The summed E-state index contributed by atoms with van der Waals surface area (Å²) in [5.41, 5.74) is 0.963. The topological polar surface area (TPSA) is 79.8 Å². The lowest BCUT2D eigenvalue weighted by molar-refractivity contribution is -0.116. The Kier molecular flexibility index (Phi) is 5.62. The van der Waals surface area contributed by atoms with Crippen molar-refractivity contribution in [3.05, 3.63) is 64.7 Å². The molecular weight excluding hydrogens is 389 g/mol. The Labute approximate surface area is 173 Å². The average molecular weight is 412 g/mol. The third-order valence-electron chi connectivity index (χ3n) is 5.37. The number of thioether (sulfide) groups is 1. The highest BCUT2D eigenvalue weighted by atomic mass is 32.2. The van der Waals surface area contributed by atoms with E-state index in [1.165, 1.54) is 17.8 Å². The average Bonchev–Trinajstić information content (AvgIpc) is 2.74. The molecule has 1 saturated carbocycles. The van der Waals surface area contributed by atoms with Gasteiger partial charge in [-0.2, -0.15) is 0 Å². The molecule has 0 saturated heterocycles. The van der Waals surface area contributed by atoms with Gasteiger partial charge in [0.05, 0.1) is 16.3 Å². The Balaban J connectivity index is 1.42. The molecular formula is C21H22FN5OS. The first kappa shape index (κ1) is 19.6. The fourth-order valence-corrected chi connectivity index (χ4v) is 4.59. The van der Waals surface area contributed by atoms with E-state index in [0.29, 0.717) is 29.4 Å². The summed E-state index contributed by atoms with van der Waals surface area (Å²) in [6.07, 6.45) is 9.12. The van der Waals surface area contributed by atoms with Crippen molar-refractivity contribution in [1.82, 2.24) is 20.5 Å². The molecule has 4 rings (SSSR count). The number of halogens is 1. The first-order chi connectivity index (χ1) is 14.1. The van der Waals surface area contributed by atoms with Crippen molar-refractivity contribution >= 4 is 28.4 Å². The molecule has 6 nitrogen and oxygen atoms in total. The van der Waals surface area contributed by atoms with Crippen LogP contribution in [-0.4, -0.2) is 34.7 Å². The molecule has 29 heavy (non-hydrogen) atoms. The zero-order chi connectivity index (χ0) is 20.3. The predicted molar refractivity (Wildman–Crippen MR) is 113 cm³/mol. The lowest BCUT2D eigenvalue weighted by Crippen LogP contribution is -2.42. The van der Waals surface area contributed by atoms with Crippen molar-refractivity contribution in [2.24, 2.45) is 0 Å². The molecule has 0 spiro atoms. The van der Waals surface area contributed by atoms with E-state index in [4.69, 9.17) is 0 Å². The lowest BCUT2D eigenvalue weighted by Gasteiger charge is -2.41. The van der Waals surface area contributed by atoms with E-state index < -0.39 is 0 Å². The Morgan fingerprint density at radius 2 is 2.10 bits per heavy atom. The Morgan fingerprint density at radius 3 is 2.76 bits per heavy atom. The molecule has 0 atom stereocenters. The summed E-state index contributed by atoms with van der Waals surface area (Å²) in [5, 5.41) is 14.5. The summed E-state index contributed by atoms with van der Waals surface area (Å²) in [7, 11) is 1.62. The standard InChI is InChI=1S/C21H22FN5OS/c1-23-20(28)17-7-2-6-16(29-17)15-8-9-18(27-26-15)25-13-21(10-4-11-21)19-14(22)5-3-12-24-19/h3,5-9,12H,2,4,10-11,13H2,1H3,(H,23,28)(H,25,27). The molecule has 2 aliphatic rings. The number of amides is 1. The van der Waals surface area contributed by atoms with Gasteiger partial charge in [-0.25, -0.2) is 4.39 Å². The minimum atomic E-state index is -0.291. The maximum atomic E-state index is 14.2. The fraction of sp³-hybridized carbons (Fsp3) is 0.333. The van der Waals surface area contributed by atoms with E-state index in [0.717, 1.165) is 29.9 Å². The molecule has 0 radical (unpaired) electrons. The third kappa shape index (κ3) is 4.03. The number of nitrogens with one attached hydrogen (secondary N) is 2. The van der Waals surface area contributed by atoms with Crippen LogP contribution in [0.15, 0.2) is 47.5 Å². The molecule has 0 bridgehead atoms. The van der Waals surface area contributed by atoms with Crippen molar-refractivity contribution in [1.29, 1.82) is 0 Å². The first-order valence-corrected chi connectivity index (χ1v) is 10.4. The van der Waals surface area contributed by atoms with Gasteiger partial charge in [-0.05, 0) is 43.5 Å². The van der Waals surface area contributed by atoms with Crippen LogP contribution in [0.5, 0.6) is 0 Å². The van der Waals surface area contributed by atoms with Gasteiger partial charge in [0.15, 0.2) is 0 Å². The molecule has 1 amide bonds. The Hall–Kier alpha value is -2.74. The first-order valence-electron chi connectivity index (χ1n) is 9.60. The van der Waals surface area contributed by atoms with E-state index in [1.807, 2.05) is 24.3 Å². The molecule has 1 aliphatic carbocycles. The number of carbonyl (C=O) groups is 1. The van der Waals surface area contributed by atoms with Crippen LogP contribution in [0.3, 0.4) is 0 Å². The number of rotatable bonds is 6. The van der Waals surface area contributed by atoms with Gasteiger partial charge in [0.25, 0.3) is 5.91 Å². The summed E-state index contributed by atoms with van der Waals surface area (Å²) < 4.78 is 14.2. The van der Waals surface area contributed by atoms with Gasteiger partial charge in [-0.15, -0.1) is 10.2 Å². The lowest BCUT2D eigenvalue weighted by atomic mass is 9.66. The van der Waals surface area contributed by atoms with Crippen molar-refractivity contribution in [3.63, 3.8) is 0 Å². The van der Waals surface area contributed by atoms with Gasteiger partial charge in [0, 0.05) is 30.1 Å². The number of likely N-dealkylation sites (N-methyl/N-ethyl adjacent to an activating group) is 1.